The van der Waals surface area contributed by atoms with Crippen molar-refractivity contribution >= 4 is 29.3 Å². The van der Waals surface area contributed by atoms with Gasteiger partial charge in [-0.05, 0) is 38.8 Å². The zero-order valence-electron chi connectivity index (χ0n) is 12.9. The van der Waals surface area contributed by atoms with Gasteiger partial charge >= 0.3 is 6.09 Å². The molecule has 2 rings (SSSR count). The second kappa shape index (κ2) is 6.22. The number of pyridine rings is 1. The molecule has 1 saturated heterocycles. The van der Waals surface area contributed by atoms with Gasteiger partial charge in [-0.3, -0.25) is 0 Å². The number of carbonyl (C=O) groups excluding carboxylic acids is 1. The van der Waals surface area contributed by atoms with Gasteiger partial charge in [0, 0.05) is 24.2 Å². The molecule has 22 heavy (non-hydrogen) atoms. The number of carbonyl (C=O) groups is 1. The van der Waals surface area contributed by atoms with Crippen molar-refractivity contribution < 1.29 is 14.6 Å². The van der Waals surface area contributed by atoms with Crippen molar-refractivity contribution in [3.8, 4) is 0 Å². The molecule has 1 N–H and O–H groups in total. The summed E-state index contributed by atoms with van der Waals surface area (Å²) in [6, 6.07) is 1.54. The van der Waals surface area contributed by atoms with Crippen LogP contribution in [0.5, 0.6) is 0 Å². The lowest BCUT2D eigenvalue weighted by atomic mass is 9.95. The predicted molar refractivity (Wildman–Crippen MR) is 85.3 cm³/mol. The van der Waals surface area contributed by atoms with Gasteiger partial charge in [0.2, 0.25) is 0 Å². The van der Waals surface area contributed by atoms with Gasteiger partial charge in [0.05, 0.1) is 12.1 Å². The summed E-state index contributed by atoms with van der Waals surface area (Å²) in [5, 5.41) is 11.5. The minimum Gasteiger partial charge on any atom is -0.444 e. The molecule has 0 saturated carbocycles. The van der Waals surface area contributed by atoms with Crippen LogP contribution in [0.2, 0.25) is 10.2 Å². The molecule has 0 spiro atoms. The third kappa shape index (κ3) is 4.48. The van der Waals surface area contributed by atoms with Crippen LogP contribution in [0.1, 0.15) is 32.8 Å². The monoisotopic (exact) mass is 346 g/mol. The van der Waals surface area contributed by atoms with Crippen LogP contribution in [0.25, 0.3) is 0 Å². The normalized spacial score (nSPS) is 22.0. The summed E-state index contributed by atoms with van der Waals surface area (Å²) in [6.45, 7) is 6.09. The second-order valence-electron chi connectivity index (χ2n) is 6.65. The van der Waals surface area contributed by atoms with Gasteiger partial charge in [0.15, 0.2) is 0 Å². The van der Waals surface area contributed by atoms with Crippen molar-refractivity contribution in [2.45, 2.75) is 44.8 Å². The van der Waals surface area contributed by atoms with Crippen LogP contribution in [-0.2, 0) is 11.2 Å². The highest BCUT2D eigenvalue weighted by molar-refractivity contribution is 6.34. The van der Waals surface area contributed by atoms with E-state index in [1.54, 1.807) is 12.3 Å². The predicted octanol–water partition coefficient (Wildman–Crippen LogP) is 3.30. The molecule has 0 aromatic carbocycles. The molecule has 7 heteroatoms. The minimum absolute atomic E-state index is 0.209. The lowest BCUT2D eigenvalue weighted by molar-refractivity contribution is 0.0153. The van der Waals surface area contributed by atoms with Gasteiger partial charge in [-0.25, -0.2) is 9.78 Å². The molecule has 2 heterocycles. The van der Waals surface area contributed by atoms with Crippen LogP contribution < -0.4 is 0 Å². The average Bonchev–Trinajstić information content (AvgIpc) is 2.74. The van der Waals surface area contributed by atoms with Crippen LogP contribution in [-0.4, -0.2) is 45.4 Å². The Morgan fingerprint density at radius 2 is 2.18 bits per heavy atom. The van der Waals surface area contributed by atoms with E-state index in [0.29, 0.717) is 35.1 Å². The number of β-amino-alcohol motifs (C(OH)–C–C–N with tert-alkyl or cyclic N) is 1. The van der Waals surface area contributed by atoms with Gasteiger partial charge in [0.25, 0.3) is 0 Å². The highest BCUT2D eigenvalue weighted by Gasteiger charge is 2.40. The maximum atomic E-state index is 12.0. The molecule has 1 atom stereocenters. The SMILES string of the molecule is CC(C)(C)OC(=O)N1CCC(O)(Cc2cnc(Cl)cc2Cl)C1. The fourth-order valence-electron chi connectivity index (χ4n) is 2.40. The average molecular weight is 347 g/mol. The highest BCUT2D eigenvalue weighted by Crippen LogP contribution is 2.30. The smallest absolute Gasteiger partial charge is 0.410 e. The molecule has 122 valence electrons. The number of amides is 1. The first-order valence-corrected chi connectivity index (χ1v) is 7.84. The Labute approximate surface area is 140 Å². The first-order valence-electron chi connectivity index (χ1n) is 7.08. The van der Waals surface area contributed by atoms with Crippen LogP contribution in [0.4, 0.5) is 4.79 Å². The zero-order chi connectivity index (χ0) is 16.5. The topological polar surface area (TPSA) is 62.7 Å². The van der Waals surface area contributed by atoms with Crippen LogP contribution in [0.15, 0.2) is 12.3 Å². The Hall–Kier alpha value is -1.04. The fraction of sp³-hybridized carbons (Fsp3) is 0.600. The van der Waals surface area contributed by atoms with Gasteiger partial charge in [0.1, 0.15) is 10.8 Å². The number of halogens is 2. The van der Waals surface area contributed by atoms with Crippen LogP contribution in [0.3, 0.4) is 0 Å². The number of aromatic nitrogens is 1. The Morgan fingerprint density at radius 3 is 2.77 bits per heavy atom. The van der Waals surface area contributed by atoms with Gasteiger partial charge < -0.3 is 14.7 Å². The number of rotatable bonds is 2. The summed E-state index contributed by atoms with van der Waals surface area (Å²) in [4.78, 5) is 17.5. The van der Waals surface area contributed by atoms with Gasteiger partial charge in [-0.1, -0.05) is 23.2 Å². The molecular weight excluding hydrogens is 327 g/mol. The standard InChI is InChI=1S/C15H20Cl2N2O3/c1-14(2,3)22-13(20)19-5-4-15(21,9-19)7-10-8-18-12(17)6-11(10)16/h6,8,21H,4-5,7,9H2,1-3H3. The maximum Gasteiger partial charge on any atom is 0.410 e. The number of hydrogen-bond donors (Lipinski definition) is 1. The van der Waals surface area contributed by atoms with E-state index in [9.17, 15) is 9.90 Å². The van der Waals surface area contributed by atoms with E-state index in [-0.39, 0.29) is 6.54 Å². The summed E-state index contributed by atoms with van der Waals surface area (Å²) in [6.07, 6.45) is 1.92. The lowest BCUT2D eigenvalue weighted by Crippen LogP contribution is -2.40. The fourth-order valence-corrected chi connectivity index (χ4v) is 2.84. The third-order valence-electron chi connectivity index (χ3n) is 3.40. The summed E-state index contributed by atoms with van der Waals surface area (Å²) in [7, 11) is 0. The lowest BCUT2D eigenvalue weighted by Gasteiger charge is -2.26. The van der Waals surface area contributed by atoms with E-state index < -0.39 is 17.3 Å². The molecule has 0 bridgehead atoms. The summed E-state index contributed by atoms with van der Waals surface area (Å²) in [5.41, 5.74) is -0.878. The number of likely N-dealkylation sites (tertiary alicyclic amines) is 1. The Kier molecular flexibility index (Phi) is 4.90. The summed E-state index contributed by atoms with van der Waals surface area (Å²) < 4.78 is 5.32. The van der Waals surface area contributed by atoms with Crippen molar-refractivity contribution in [3.05, 3.63) is 28.0 Å². The van der Waals surface area contributed by atoms with E-state index in [1.165, 1.54) is 4.90 Å². The van der Waals surface area contributed by atoms with Crippen LogP contribution >= 0.6 is 23.2 Å². The number of hydrogen-bond acceptors (Lipinski definition) is 4. The van der Waals surface area contributed by atoms with E-state index in [0.717, 1.165) is 0 Å². The first kappa shape index (κ1) is 17.3. The second-order valence-corrected chi connectivity index (χ2v) is 7.45. The highest BCUT2D eigenvalue weighted by atomic mass is 35.5. The summed E-state index contributed by atoms with van der Waals surface area (Å²) in [5.74, 6) is 0. The molecule has 1 aliphatic rings. The summed E-state index contributed by atoms with van der Waals surface area (Å²) >= 11 is 11.9. The Morgan fingerprint density at radius 1 is 1.50 bits per heavy atom. The molecule has 5 nitrogen and oxygen atoms in total. The van der Waals surface area contributed by atoms with Crippen molar-refractivity contribution in [2.24, 2.45) is 0 Å². The minimum atomic E-state index is -1.03. The van der Waals surface area contributed by atoms with Crippen molar-refractivity contribution in [2.75, 3.05) is 13.1 Å². The molecule has 0 aliphatic carbocycles. The largest absolute Gasteiger partial charge is 0.444 e. The molecule has 1 aromatic heterocycles. The Bertz CT molecular complexity index is 574. The molecule has 1 amide bonds. The number of ether oxygens (including phenoxy) is 1. The number of aliphatic hydroxyl groups is 1. The van der Waals surface area contributed by atoms with Gasteiger partial charge in [-0.2, -0.15) is 0 Å². The van der Waals surface area contributed by atoms with Crippen molar-refractivity contribution in [1.82, 2.24) is 9.88 Å². The quantitative estimate of drug-likeness (QED) is 0.834. The van der Waals surface area contributed by atoms with E-state index in [1.807, 2.05) is 20.8 Å². The zero-order valence-corrected chi connectivity index (χ0v) is 14.4. The molecule has 0 radical (unpaired) electrons. The number of nitrogens with zero attached hydrogens (tertiary/aromatic N) is 2. The molecule has 1 unspecified atom stereocenters. The third-order valence-corrected chi connectivity index (χ3v) is 3.96. The Balaban J connectivity index is 2.02. The molecule has 1 aliphatic heterocycles. The first-order chi connectivity index (χ1) is 10.1. The molecule has 1 aromatic rings. The van der Waals surface area contributed by atoms with E-state index >= 15 is 0 Å². The van der Waals surface area contributed by atoms with E-state index in [2.05, 4.69) is 4.98 Å². The molecule has 1 fully saturated rings. The maximum absolute atomic E-state index is 12.0. The van der Waals surface area contributed by atoms with Crippen molar-refractivity contribution in [3.63, 3.8) is 0 Å². The van der Waals surface area contributed by atoms with Gasteiger partial charge in [-0.15, -0.1) is 0 Å². The molecular formula is C15H20Cl2N2O3. The van der Waals surface area contributed by atoms with E-state index in [4.69, 9.17) is 27.9 Å². The van der Waals surface area contributed by atoms with Crippen LogP contribution in [0, 0.1) is 0 Å². The van der Waals surface area contributed by atoms with Crippen molar-refractivity contribution in [1.29, 1.82) is 0 Å².